The molecule has 8 heteroatoms. The molecule has 0 spiro atoms. The van der Waals surface area contributed by atoms with Crippen molar-refractivity contribution in [1.29, 1.82) is 0 Å². The number of benzene rings is 3. The van der Waals surface area contributed by atoms with Crippen molar-refractivity contribution in [3.8, 4) is 22.6 Å². The van der Waals surface area contributed by atoms with Gasteiger partial charge in [0.2, 0.25) is 18.6 Å². The normalized spacial score (nSPS) is 14.8. The maximum atomic E-state index is 13.3. The van der Waals surface area contributed by atoms with Gasteiger partial charge in [-0.3, -0.25) is 9.59 Å². The lowest BCUT2D eigenvalue weighted by atomic mass is 9.94. The molecule has 0 bridgehead atoms. The maximum Gasteiger partial charge on any atom is 0.337 e. The van der Waals surface area contributed by atoms with Crippen LogP contribution < -0.4 is 20.1 Å². The Labute approximate surface area is 201 Å². The summed E-state index contributed by atoms with van der Waals surface area (Å²) in [6.45, 7) is 3.42. The first-order chi connectivity index (χ1) is 16.8. The van der Waals surface area contributed by atoms with Gasteiger partial charge in [0.05, 0.1) is 16.7 Å². The number of carboxylic acids is 1. The zero-order valence-electron chi connectivity index (χ0n) is 19.3. The molecule has 1 heterocycles. The molecule has 0 unspecified atom stereocenters. The summed E-state index contributed by atoms with van der Waals surface area (Å²) >= 11 is 0. The molecule has 0 atom stereocenters. The van der Waals surface area contributed by atoms with Crippen LogP contribution in [0.25, 0.3) is 11.1 Å². The average molecular weight is 472 g/mol. The summed E-state index contributed by atoms with van der Waals surface area (Å²) in [7, 11) is 0. The third-order valence-corrected chi connectivity index (χ3v) is 6.48. The molecule has 2 amide bonds. The minimum Gasteiger partial charge on any atom is -0.478 e. The van der Waals surface area contributed by atoms with E-state index in [4.69, 9.17) is 9.47 Å². The lowest BCUT2D eigenvalue weighted by Crippen LogP contribution is -2.27. The second-order valence-corrected chi connectivity index (χ2v) is 8.88. The highest BCUT2D eigenvalue weighted by molar-refractivity contribution is 6.03. The topological polar surface area (TPSA) is 114 Å². The predicted molar refractivity (Wildman–Crippen MR) is 130 cm³/mol. The summed E-state index contributed by atoms with van der Waals surface area (Å²) in [5, 5.41) is 15.2. The Morgan fingerprint density at radius 2 is 1.69 bits per heavy atom. The highest BCUT2D eigenvalue weighted by Gasteiger charge is 2.51. The van der Waals surface area contributed by atoms with Crippen LogP contribution in [0.4, 0.5) is 11.4 Å². The Balaban J connectivity index is 1.42. The number of carboxylic acid groups (broad SMARTS) is 1. The molecule has 3 N–H and O–H groups in total. The van der Waals surface area contributed by atoms with Gasteiger partial charge >= 0.3 is 5.97 Å². The van der Waals surface area contributed by atoms with E-state index >= 15 is 0 Å². The number of hydrogen-bond acceptors (Lipinski definition) is 5. The van der Waals surface area contributed by atoms with E-state index in [9.17, 15) is 19.5 Å². The van der Waals surface area contributed by atoms with Crippen molar-refractivity contribution in [2.24, 2.45) is 0 Å². The summed E-state index contributed by atoms with van der Waals surface area (Å²) in [5.41, 5.74) is 3.50. The number of anilines is 2. The van der Waals surface area contributed by atoms with Crippen molar-refractivity contribution in [3.05, 3.63) is 71.3 Å². The average Bonchev–Trinajstić information content (AvgIpc) is 3.51. The molecule has 3 aromatic rings. The van der Waals surface area contributed by atoms with E-state index in [1.54, 1.807) is 12.1 Å². The Kier molecular flexibility index (Phi) is 5.43. The van der Waals surface area contributed by atoms with Crippen LogP contribution in [0.5, 0.6) is 11.5 Å². The summed E-state index contributed by atoms with van der Waals surface area (Å²) < 4.78 is 10.9. The number of nitrogens with one attached hydrogen (secondary N) is 2. The first-order valence-electron chi connectivity index (χ1n) is 11.2. The molecular weight excluding hydrogens is 448 g/mol. The first kappa shape index (κ1) is 22.5. The van der Waals surface area contributed by atoms with E-state index in [1.807, 2.05) is 43.3 Å². The minimum absolute atomic E-state index is 0.00807. The molecule has 1 saturated carbocycles. The summed E-state index contributed by atoms with van der Waals surface area (Å²) in [5.74, 6) is -0.261. The molecule has 0 aromatic heterocycles. The zero-order chi connectivity index (χ0) is 24.7. The molecular formula is C27H24N2O6. The van der Waals surface area contributed by atoms with Gasteiger partial charge in [0.25, 0.3) is 0 Å². The second kappa shape index (κ2) is 8.47. The highest BCUT2D eigenvalue weighted by atomic mass is 16.7. The van der Waals surface area contributed by atoms with Crippen LogP contribution in [-0.2, 0) is 15.0 Å². The van der Waals surface area contributed by atoms with Crippen molar-refractivity contribution in [2.75, 3.05) is 17.4 Å². The third-order valence-electron chi connectivity index (χ3n) is 6.48. The van der Waals surface area contributed by atoms with Gasteiger partial charge < -0.3 is 25.2 Å². The first-order valence-corrected chi connectivity index (χ1v) is 11.2. The number of carbonyl (C=O) groups is 3. The smallest absolute Gasteiger partial charge is 0.337 e. The van der Waals surface area contributed by atoms with Gasteiger partial charge in [-0.1, -0.05) is 18.2 Å². The van der Waals surface area contributed by atoms with E-state index < -0.39 is 11.4 Å². The fraction of sp³-hybridized carbons (Fsp3) is 0.222. The van der Waals surface area contributed by atoms with Gasteiger partial charge in [0.1, 0.15) is 0 Å². The molecule has 1 fully saturated rings. The molecule has 5 rings (SSSR count). The molecule has 35 heavy (non-hydrogen) atoms. The van der Waals surface area contributed by atoms with Crippen LogP contribution in [0.3, 0.4) is 0 Å². The largest absolute Gasteiger partial charge is 0.478 e. The highest BCUT2D eigenvalue weighted by Crippen LogP contribution is 2.51. The van der Waals surface area contributed by atoms with E-state index in [0.717, 1.165) is 29.5 Å². The zero-order valence-corrected chi connectivity index (χ0v) is 19.3. The number of carbonyl (C=O) groups excluding carboxylic acids is 2. The van der Waals surface area contributed by atoms with Gasteiger partial charge in [-0.15, -0.1) is 0 Å². The van der Waals surface area contributed by atoms with Crippen molar-refractivity contribution in [1.82, 2.24) is 0 Å². The number of fused-ring (bicyclic) bond motifs is 1. The van der Waals surface area contributed by atoms with E-state index in [2.05, 4.69) is 10.6 Å². The van der Waals surface area contributed by atoms with E-state index in [1.165, 1.54) is 13.0 Å². The van der Waals surface area contributed by atoms with Crippen LogP contribution in [0, 0.1) is 6.92 Å². The van der Waals surface area contributed by atoms with Crippen LogP contribution in [0.2, 0.25) is 0 Å². The summed E-state index contributed by atoms with van der Waals surface area (Å²) in [6.07, 6.45) is 1.48. The third kappa shape index (κ3) is 4.19. The lowest BCUT2D eigenvalue weighted by Gasteiger charge is -2.18. The quantitative estimate of drug-likeness (QED) is 0.479. The number of hydrogen-bond donors (Lipinski definition) is 3. The molecule has 0 saturated heterocycles. The lowest BCUT2D eigenvalue weighted by molar-refractivity contribution is -0.118. The Morgan fingerprint density at radius 3 is 2.40 bits per heavy atom. The Bertz CT molecular complexity index is 1380. The number of ether oxygens (including phenoxy) is 2. The Hall–Kier alpha value is -4.33. The summed E-state index contributed by atoms with van der Waals surface area (Å²) in [4.78, 5) is 36.5. The van der Waals surface area contributed by atoms with Gasteiger partial charge in [0.15, 0.2) is 11.5 Å². The Morgan fingerprint density at radius 1 is 0.914 bits per heavy atom. The van der Waals surface area contributed by atoms with Crippen molar-refractivity contribution < 1.29 is 29.0 Å². The number of aromatic carboxylic acids is 1. The molecule has 8 nitrogen and oxygen atoms in total. The van der Waals surface area contributed by atoms with Gasteiger partial charge in [-0.05, 0) is 78.4 Å². The van der Waals surface area contributed by atoms with Crippen molar-refractivity contribution in [3.63, 3.8) is 0 Å². The number of rotatable bonds is 6. The predicted octanol–water partition coefficient (Wildman–Crippen LogP) is 4.72. The fourth-order valence-electron chi connectivity index (χ4n) is 4.41. The maximum absolute atomic E-state index is 13.3. The van der Waals surface area contributed by atoms with E-state index in [-0.39, 0.29) is 29.9 Å². The number of aryl methyl sites for hydroxylation is 1. The van der Waals surface area contributed by atoms with Crippen LogP contribution >= 0.6 is 0 Å². The molecule has 0 radical (unpaired) electrons. The van der Waals surface area contributed by atoms with Crippen molar-refractivity contribution in [2.45, 2.75) is 32.1 Å². The van der Waals surface area contributed by atoms with Crippen molar-refractivity contribution >= 4 is 29.2 Å². The van der Waals surface area contributed by atoms with Gasteiger partial charge in [-0.2, -0.15) is 0 Å². The van der Waals surface area contributed by atoms with Crippen LogP contribution in [0.15, 0.2) is 54.6 Å². The monoisotopic (exact) mass is 472 g/mol. The standard InChI is InChI=1S/C27H24N2O6/c1-15-3-6-19(13-20(15)17-4-7-22(28-16(2)30)21(11-17)25(31)32)29-26(33)27(9-10-27)18-5-8-23-24(12-18)35-14-34-23/h3-8,11-13H,9-10,14H2,1-2H3,(H,28,30)(H,29,33)(H,31,32). The van der Waals surface area contributed by atoms with Gasteiger partial charge in [0, 0.05) is 12.6 Å². The minimum atomic E-state index is -1.14. The van der Waals surface area contributed by atoms with E-state index in [0.29, 0.717) is 22.7 Å². The summed E-state index contributed by atoms with van der Waals surface area (Å²) in [6, 6.07) is 16.0. The van der Waals surface area contributed by atoms with Gasteiger partial charge in [-0.25, -0.2) is 4.79 Å². The fourth-order valence-corrected chi connectivity index (χ4v) is 4.41. The second-order valence-electron chi connectivity index (χ2n) is 8.88. The van der Waals surface area contributed by atoms with Crippen LogP contribution in [0.1, 0.15) is 41.3 Å². The molecule has 1 aliphatic carbocycles. The molecule has 178 valence electrons. The SMILES string of the molecule is CC(=O)Nc1ccc(-c2cc(NC(=O)C3(c4ccc5c(c4)OCO5)CC3)ccc2C)cc1C(=O)O. The molecule has 2 aliphatic rings. The molecule has 3 aromatic carbocycles. The van der Waals surface area contributed by atoms with Crippen LogP contribution in [-0.4, -0.2) is 29.7 Å². The molecule has 1 aliphatic heterocycles. The number of amides is 2.